The number of piperazine rings is 1. The SMILES string of the molecule is CN1C[C@@H]2C[C@H]1CN2c1ccc([N+](=O)[O-])nc1. The van der Waals surface area contributed by atoms with Gasteiger partial charge in [0.2, 0.25) is 0 Å². The van der Waals surface area contributed by atoms with Crippen molar-refractivity contribution in [3.8, 4) is 0 Å². The number of nitrogens with zero attached hydrogens (tertiary/aromatic N) is 4. The van der Waals surface area contributed by atoms with Crippen molar-refractivity contribution < 1.29 is 4.92 Å². The second-order valence-corrected chi connectivity index (χ2v) is 4.77. The Morgan fingerprint density at radius 1 is 1.41 bits per heavy atom. The Kier molecular flexibility index (Phi) is 2.25. The lowest BCUT2D eigenvalue weighted by Crippen LogP contribution is -2.44. The van der Waals surface area contributed by atoms with Gasteiger partial charge in [0.15, 0.2) is 6.20 Å². The van der Waals surface area contributed by atoms with Crippen LogP contribution in [0.2, 0.25) is 0 Å². The number of fused-ring (bicyclic) bond motifs is 2. The summed E-state index contributed by atoms with van der Waals surface area (Å²) in [6, 6.07) is 4.43. The number of likely N-dealkylation sites (tertiary alicyclic amines) is 1. The highest BCUT2D eigenvalue weighted by Gasteiger charge is 2.41. The number of anilines is 1. The Labute approximate surface area is 99.0 Å². The van der Waals surface area contributed by atoms with Crippen LogP contribution in [-0.2, 0) is 0 Å². The topological polar surface area (TPSA) is 62.5 Å². The lowest BCUT2D eigenvalue weighted by molar-refractivity contribution is -0.389. The normalized spacial score (nSPS) is 27.7. The smallest absolute Gasteiger partial charge is 0.363 e. The van der Waals surface area contributed by atoms with Crippen LogP contribution in [0.25, 0.3) is 0 Å². The zero-order valence-corrected chi connectivity index (χ0v) is 9.61. The molecule has 0 aliphatic carbocycles. The van der Waals surface area contributed by atoms with Gasteiger partial charge in [-0.25, -0.2) is 0 Å². The monoisotopic (exact) mass is 234 g/mol. The first-order valence-electron chi connectivity index (χ1n) is 5.72. The van der Waals surface area contributed by atoms with E-state index in [2.05, 4.69) is 21.8 Å². The van der Waals surface area contributed by atoms with Gasteiger partial charge >= 0.3 is 5.82 Å². The molecule has 0 unspecified atom stereocenters. The fourth-order valence-electron chi connectivity index (χ4n) is 2.84. The van der Waals surface area contributed by atoms with Gasteiger partial charge in [-0.3, -0.25) is 4.90 Å². The van der Waals surface area contributed by atoms with E-state index in [1.54, 1.807) is 12.3 Å². The molecule has 0 spiro atoms. The minimum absolute atomic E-state index is 0.0878. The molecule has 3 heterocycles. The summed E-state index contributed by atoms with van der Waals surface area (Å²) < 4.78 is 0. The summed E-state index contributed by atoms with van der Waals surface area (Å²) in [6.45, 7) is 2.07. The highest BCUT2D eigenvalue weighted by atomic mass is 16.6. The molecule has 0 aromatic carbocycles. The first-order chi connectivity index (χ1) is 8.15. The maximum Gasteiger partial charge on any atom is 0.363 e. The molecule has 1 aromatic heterocycles. The van der Waals surface area contributed by atoms with Crippen LogP contribution in [0.4, 0.5) is 11.5 Å². The van der Waals surface area contributed by atoms with Gasteiger partial charge in [0.1, 0.15) is 0 Å². The van der Waals surface area contributed by atoms with Crippen molar-refractivity contribution in [2.45, 2.75) is 18.5 Å². The first kappa shape index (κ1) is 10.5. The Hall–Kier alpha value is -1.69. The van der Waals surface area contributed by atoms with E-state index in [0.717, 1.165) is 18.8 Å². The van der Waals surface area contributed by atoms with E-state index in [1.165, 1.54) is 12.5 Å². The van der Waals surface area contributed by atoms with Crippen LogP contribution in [0.15, 0.2) is 18.3 Å². The molecule has 1 aromatic rings. The van der Waals surface area contributed by atoms with Crippen LogP contribution < -0.4 is 4.90 Å². The van der Waals surface area contributed by atoms with Crippen molar-refractivity contribution >= 4 is 11.5 Å². The van der Waals surface area contributed by atoms with E-state index in [-0.39, 0.29) is 5.82 Å². The molecule has 6 heteroatoms. The van der Waals surface area contributed by atoms with E-state index in [4.69, 9.17) is 0 Å². The summed E-state index contributed by atoms with van der Waals surface area (Å²) in [5.41, 5.74) is 0.996. The van der Waals surface area contributed by atoms with Crippen LogP contribution in [0.3, 0.4) is 0 Å². The lowest BCUT2D eigenvalue weighted by atomic mass is 10.2. The van der Waals surface area contributed by atoms with Gasteiger partial charge in [0.05, 0.1) is 5.69 Å². The predicted molar refractivity (Wildman–Crippen MR) is 63.1 cm³/mol. The van der Waals surface area contributed by atoms with Crippen LogP contribution in [-0.4, -0.2) is 47.0 Å². The van der Waals surface area contributed by atoms with Crippen LogP contribution in [0.5, 0.6) is 0 Å². The van der Waals surface area contributed by atoms with Crippen LogP contribution in [0, 0.1) is 10.1 Å². The van der Waals surface area contributed by atoms with Gasteiger partial charge in [-0.05, 0) is 29.4 Å². The number of likely N-dealkylation sites (N-methyl/N-ethyl adjacent to an activating group) is 1. The fourth-order valence-corrected chi connectivity index (χ4v) is 2.84. The summed E-state index contributed by atoms with van der Waals surface area (Å²) in [5.74, 6) is -0.0878. The molecule has 3 rings (SSSR count). The molecule has 0 radical (unpaired) electrons. The van der Waals surface area contributed by atoms with E-state index >= 15 is 0 Å². The Morgan fingerprint density at radius 3 is 2.71 bits per heavy atom. The molecule has 0 N–H and O–H groups in total. The molecule has 2 fully saturated rings. The molecule has 0 saturated carbocycles. The third-order valence-corrected chi connectivity index (χ3v) is 3.77. The molecule has 2 saturated heterocycles. The average Bonchev–Trinajstić information content (AvgIpc) is 2.87. The standard InChI is InChI=1S/C11H14N4O2/c1-13-6-10-4-9(13)7-14(10)8-2-3-11(12-5-8)15(16)17/h2-3,5,9-10H,4,6-7H2,1H3/t9-,10-/m0/s1. The molecule has 2 aliphatic heterocycles. The Balaban J connectivity index is 1.80. The second kappa shape index (κ2) is 3.66. The second-order valence-electron chi connectivity index (χ2n) is 4.77. The van der Waals surface area contributed by atoms with Crippen molar-refractivity contribution in [3.63, 3.8) is 0 Å². The third kappa shape index (κ3) is 1.64. The number of pyridine rings is 1. The summed E-state index contributed by atoms with van der Waals surface area (Å²) in [5, 5.41) is 10.5. The lowest BCUT2D eigenvalue weighted by Gasteiger charge is -2.32. The van der Waals surface area contributed by atoms with Crippen molar-refractivity contribution in [1.29, 1.82) is 0 Å². The largest absolute Gasteiger partial charge is 0.363 e. The number of hydrogen-bond acceptors (Lipinski definition) is 5. The molecular formula is C11H14N4O2. The zero-order valence-electron chi connectivity index (χ0n) is 9.61. The Morgan fingerprint density at radius 2 is 2.24 bits per heavy atom. The molecule has 2 bridgehead atoms. The minimum atomic E-state index is -0.465. The van der Waals surface area contributed by atoms with E-state index < -0.39 is 4.92 Å². The molecule has 2 aliphatic rings. The summed E-state index contributed by atoms with van der Waals surface area (Å²) >= 11 is 0. The summed E-state index contributed by atoms with van der Waals surface area (Å²) in [7, 11) is 2.15. The quantitative estimate of drug-likeness (QED) is 0.561. The first-order valence-corrected chi connectivity index (χ1v) is 5.72. The number of aromatic nitrogens is 1. The van der Waals surface area contributed by atoms with Crippen LogP contribution in [0.1, 0.15) is 6.42 Å². The maximum absolute atomic E-state index is 10.5. The summed E-state index contributed by atoms with van der Waals surface area (Å²) in [4.78, 5) is 18.6. The predicted octanol–water partition coefficient (Wildman–Crippen LogP) is 0.882. The molecule has 6 nitrogen and oxygen atoms in total. The number of nitro groups is 1. The zero-order chi connectivity index (χ0) is 12.0. The maximum atomic E-state index is 10.5. The molecule has 90 valence electrons. The number of rotatable bonds is 2. The molecule has 2 atom stereocenters. The van der Waals surface area contributed by atoms with Gasteiger partial charge in [-0.15, -0.1) is 0 Å². The van der Waals surface area contributed by atoms with Crippen LogP contribution >= 0.6 is 0 Å². The minimum Gasteiger partial charge on any atom is -0.363 e. The Bertz CT molecular complexity index is 445. The van der Waals surface area contributed by atoms with Gasteiger partial charge < -0.3 is 15.0 Å². The number of hydrogen-bond donors (Lipinski definition) is 0. The van der Waals surface area contributed by atoms with Crippen molar-refractivity contribution in [2.75, 3.05) is 25.0 Å². The van der Waals surface area contributed by atoms with Gasteiger partial charge in [-0.2, -0.15) is 0 Å². The molecular weight excluding hydrogens is 220 g/mol. The fraction of sp³-hybridized carbons (Fsp3) is 0.545. The van der Waals surface area contributed by atoms with Gasteiger partial charge in [0.25, 0.3) is 0 Å². The highest BCUT2D eigenvalue weighted by molar-refractivity contribution is 5.50. The summed E-state index contributed by atoms with van der Waals surface area (Å²) in [6.07, 6.45) is 2.80. The molecule has 0 amide bonds. The van der Waals surface area contributed by atoms with Crippen molar-refractivity contribution in [1.82, 2.24) is 9.88 Å². The van der Waals surface area contributed by atoms with Crippen molar-refractivity contribution in [2.24, 2.45) is 0 Å². The van der Waals surface area contributed by atoms with E-state index in [9.17, 15) is 10.1 Å². The highest BCUT2D eigenvalue weighted by Crippen LogP contribution is 2.33. The van der Waals surface area contributed by atoms with Crippen molar-refractivity contribution in [3.05, 3.63) is 28.4 Å². The third-order valence-electron chi connectivity index (χ3n) is 3.77. The molecule has 17 heavy (non-hydrogen) atoms. The van der Waals surface area contributed by atoms with E-state index in [1.807, 2.05) is 0 Å². The van der Waals surface area contributed by atoms with Gasteiger partial charge in [-0.1, -0.05) is 0 Å². The van der Waals surface area contributed by atoms with Gasteiger partial charge in [0, 0.05) is 31.2 Å². The van der Waals surface area contributed by atoms with E-state index in [0.29, 0.717) is 12.1 Å². The average molecular weight is 234 g/mol.